The molecule has 7 heteroatoms. The molecule has 1 aromatic rings. The summed E-state index contributed by atoms with van der Waals surface area (Å²) in [7, 11) is 0. The second kappa shape index (κ2) is 4.43. The molecule has 1 aromatic heterocycles. The second-order valence-electron chi connectivity index (χ2n) is 2.35. The summed E-state index contributed by atoms with van der Waals surface area (Å²) in [6.07, 6.45) is 1.32. The highest BCUT2D eigenvalue weighted by Gasteiger charge is 2.03. The Bertz CT molecular complexity index is 357. The molecule has 1 heterocycles. The number of nitrogens with zero attached hydrogens (tertiary/aromatic N) is 2. The van der Waals surface area contributed by atoms with E-state index < -0.39 is 5.91 Å². The van der Waals surface area contributed by atoms with Gasteiger partial charge in [0.05, 0.1) is 5.56 Å². The molecule has 74 valence electrons. The van der Waals surface area contributed by atoms with Crippen molar-refractivity contribution in [1.82, 2.24) is 10.4 Å². The first-order valence-corrected chi connectivity index (χ1v) is 3.98. The van der Waals surface area contributed by atoms with Crippen LogP contribution >= 0.6 is 11.6 Å². The molecule has 0 fully saturated rings. The van der Waals surface area contributed by atoms with Gasteiger partial charge in [-0.1, -0.05) is 11.6 Å². The summed E-state index contributed by atoms with van der Waals surface area (Å²) in [6.45, 7) is 0. The van der Waals surface area contributed by atoms with E-state index in [0.717, 1.165) is 0 Å². The number of carbonyl (C=O) groups excluding carboxylic acids is 1. The summed E-state index contributed by atoms with van der Waals surface area (Å²) in [5.41, 5.74) is 12.5. The van der Waals surface area contributed by atoms with Gasteiger partial charge < -0.3 is 11.5 Å². The molecular weight excluding hydrogens is 206 g/mol. The maximum Gasteiger partial charge on any atom is 0.273 e. The monoisotopic (exact) mass is 213 g/mol. The average Bonchev–Trinajstić information content (AvgIpc) is 2.15. The lowest BCUT2D eigenvalue weighted by Gasteiger charge is -1.99. The number of hydrogen-bond acceptors (Lipinski definition) is 3. The summed E-state index contributed by atoms with van der Waals surface area (Å²) >= 11 is 5.53. The van der Waals surface area contributed by atoms with Gasteiger partial charge in [-0.15, -0.1) is 5.10 Å². The van der Waals surface area contributed by atoms with Crippen LogP contribution in [0.2, 0.25) is 5.15 Å². The molecule has 1 amide bonds. The van der Waals surface area contributed by atoms with E-state index in [2.05, 4.69) is 15.5 Å². The van der Waals surface area contributed by atoms with Gasteiger partial charge in [0.25, 0.3) is 5.91 Å². The highest BCUT2D eigenvalue weighted by Crippen LogP contribution is 2.04. The molecule has 0 spiro atoms. The third-order valence-corrected chi connectivity index (χ3v) is 1.50. The molecule has 0 bridgehead atoms. The lowest BCUT2D eigenvalue weighted by Crippen LogP contribution is -2.29. The standard InChI is InChI=1S/C7H8ClN5O/c8-5-2-1-4(3-11-5)6(14)12-13-7(9)10/h1-3H,(H,12,14)(H4,9,10,13). The van der Waals surface area contributed by atoms with Crippen LogP contribution in [-0.4, -0.2) is 16.9 Å². The molecule has 0 atom stereocenters. The number of pyridine rings is 1. The third-order valence-electron chi connectivity index (χ3n) is 1.28. The van der Waals surface area contributed by atoms with Crippen molar-refractivity contribution in [1.29, 1.82) is 0 Å². The average molecular weight is 214 g/mol. The van der Waals surface area contributed by atoms with E-state index in [9.17, 15) is 4.79 Å². The summed E-state index contributed by atoms with van der Waals surface area (Å²) in [5, 5.41) is 3.64. The number of aromatic nitrogens is 1. The molecule has 0 aliphatic carbocycles. The molecular formula is C7H8ClN5O. The van der Waals surface area contributed by atoms with E-state index in [4.69, 9.17) is 23.1 Å². The minimum atomic E-state index is -0.456. The van der Waals surface area contributed by atoms with E-state index in [1.807, 2.05) is 0 Å². The minimum Gasteiger partial charge on any atom is -0.369 e. The van der Waals surface area contributed by atoms with Gasteiger partial charge >= 0.3 is 0 Å². The number of guanidine groups is 1. The Labute approximate surface area is 84.9 Å². The Balaban J connectivity index is 2.70. The summed E-state index contributed by atoms with van der Waals surface area (Å²) in [5.74, 6) is -0.678. The number of rotatable bonds is 2. The molecule has 0 saturated heterocycles. The van der Waals surface area contributed by atoms with Crippen LogP contribution in [0, 0.1) is 0 Å². The molecule has 1 rings (SSSR count). The zero-order chi connectivity index (χ0) is 10.6. The van der Waals surface area contributed by atoms with Gasteiger partial charge in [-0.05, 0) is 12.1 Å². The lowest BCUT2D eigenvalue weighted by atomic mass is 10.3. The molecule has 5 N–H and O–H groups in total. The van der Waals surface area contributed by atoms with Crippen LogP contribution in [-0.2, 0) is 0 Å². The Hall–Kier alpha value is -1.82. The number of halogens is 1. The Morgan fingerprint density at radius 1 is 1.50 bits per heavy atom. The van der Waals surface area contributed by atoms with Crippen LogP contribution in [0.15, 0.2) is 23.4 Å². The van der Waals surface area contributed by atoms with Crippen LogP contribution < -0.4 is 16.9 Å². The zero-order valence-corrected chi connectivity index (χ0v) is 7.82. The number of hydrogen-bond donors (Lipinski definition) is 3. The van der Waals surface area contributed by atoms with E-state index >= 15 is 0 Å². The molecule has 6 nitrogen and oxygen atoms in total. The molecule has 14 heavy (non-hydrogen) atoms. The first-order valence-electron chi connectivity index (χ1n) is 3.60. The highest BCUT2D eigenvalue weighted by molar-refractivity contribution is 6.29. The van der Waals surface area contributed by atoms with Gasteiger partial charge in [0.1, 0.15) is 5.15 Å². The fourth-order valence-corrected chi connectivity index (χ4v) is 0.802. The Kier molecular flexibility index (Phi) is 3.24. The third kappa shape index (κ3) is 2.91. The van der Waals surface area contributed by atoms with Gasteiger partial charge in [0.15, 0.2) is 0 Å². The van der Waals surface area contributed by atoms with Crippen molar-refractivity contribution in [2.24, 2.45) is 16.6 Å². The van der Waals surface area contributed by atoms with Crippen molar-refractivity contribution in [2.75, 3.05) is 0 Å². The van der Waals surface area contributed by atoms with Crippen LogP contribution in [0.4, 0.5) is 0 Å². The van der Waals surface area contributed by atoms with Crippen molar-refractivity contribution in [3.05, 3.63) is 29.0 Å². The van der Waals surface area contributed by atoms with Crippen LogP contribution in [0.3, 0.4) is 0 Å². The predicted octanol–water partition coefficient (Wildman–Crippen LogP) is -0.347. The molecule has 0 aromatic carbocycles. The lowest BCUT2D eigenvalue weighted by molar-refractivity contribution is 0.0954. The molecule has 0 aliphatic heterocycles. The van der Waals surface area contributed by atoms with Gasteiger partial charge in [-0.2, -0.15) is 0 Å². The Morgan fingerprint density at radius 2 is 2.21 bits per heavy atom. The maximum absolute atomic E-state index is 11.2. The van der Waals surface area contributed by atoms with Crippen molar-refractivity contribution in [3.63, 3.8) is 0 Å². The van der Waals surface area contributed by atoms with E-state index in [1.54, 1.807) is 0 Å². The normalized spacial score (nSPS) is 9.21. The number of nitrogens with two attached hydrogens (primary N) is 2. The van der Waals surface area contributed by atoms with Crippen molar-refractivity contribution in [3.8, 4) is 0 Å². The maximum atomic E-state index is 11.2. The van der Waals surface area contributed by atoms with Crippen molar-refractivity contribution in [2.45, 2.75) is 0 Å². The summed E-state index contributed by atoms with van der Waals surface area (Å²) in [6, 6.07) is 3.00. The fraction of sp³-hybridized carbons (Fsp3) is 0. The number of hydrazone groups is 1. The van der Waals surface area contributed by atoms with Gasteiger partial charge in [0, 0.05) is 6.20 Å². The first-order chi connectivity index (χ1) is 6.59. The van der Waals surface area contributed by atoms with Gasteiger partial charge in [0.2, 0.25) is 5.96 Å². The van der Waals surface area contributed by atoms with Gasteiger partial charge in [-0.25, -0.2) is 10.4 Å². The zero-order valence-electron chi connectivity index (χ0n) is 7.07. The molecule has 0 aliphatic rings. The van der Waals surface area contributed by atoms with E-state index in [-0.39, 0.29) is 5.96 Å². The van der Waals surface area contributed by atoms with Crippen LogP contribution in [0.1, 0.15) is 10.4 Å². The summed E-state index contributed by atoms with van der Waals surface area (Å²) in [4.78, 5) is 15.0. The number of carbonyl (C=O) groups is 1. The Morgan fingerprint density at radius 3 is 2.71 bits per heavy atom. The minimum absolute atomic E-state index is 0.222. The van der Waals surface area contributed by atoms with E-state index in [0.29, 0.717) is 10.7 Å². The van der Waals surface area contributed by atoms with Crippen LogP contribution in [0.5, 0.6) is 0 Å². The second-order valence-corrected chi connectivity index (χ2v) is 2.73. The smallest absolute Gasteiger partial charge is 0.273 e. The predicted molar refractivity (Wildman–Crippen MR) is 52.5 cm³/mol. The fourth-order valence-electron chi connectivity index (χ4n) is 0.690. The highest BCUT2D eigenvalue weighted by atomic mass is 35.5. The SMILES string of the molecule is NC(N)=NNC(=O)c1ccc(Cl)nc1. The van der Waals surface area contributed by atoms with Gasteiger partial charge in [-0.3, -0.25) is 4.79 Å². The van der Waals surface area contributed by atoms with Crippen molar-refractivity contribution >= 4 is 23.5 Å². The topological polar surface area (TPSA) is 106 Å². The number of amides is 1. The molecule has 0 unspecified atom stereocenters. The van der Waals surface area contributed by atoms with E-state index in [1.165, 1.54) is 18.3 Å². The summed E-state index contributed by atoms with van der Waals surface area (Å²) < 4.78 is 0. The largest absolute Gasteiger partial charge is 0.369 e. The quantitative estimate of drug-likeness (QED) is 0.270. The van der Waals surface area contributed by atoms with Crippen LogP contribution in [0.25, 0.3) is 0 Å². The molecule has 0 radical (unpaired) electrons. The van der Waals surface area contributed by atoms with Crippen molar-refractivity contribution < 1.29 is 4.79 Å². The number of nitrogens with one attached hydrogen (secondary N) is 1. The molecule has 0 saturated carbocycles. The first kappa shape index (κ1) is 10.3.